The number of aryl methyl sites for hydroxylation is 1. The first-order valence-corrected chi connectivity index (χ1v) is 12.7. The Labute approximate surface area is 186 Å². The number of anilines is 1. The number of benzene rings is 1. The molecule has 8 heteroatoms. The molecule has 2 aliphatic rings. The number of furan rings is 1. The van der Waals surface area contributed by atoms with E-state index in [4.69, 9.17) is 4.42 Å². The summed E-state index contributed by atoms with van der Waals surface area (Å²) in [5.74, 6) is 1.10. The molecule has 1 aliphatic carbocycles. The molecule has 1 N–H and O–H groups in total. The van der Waals surface area contributed by atoms with Crippen molar-refractivity contribution < 1.29 is 17.2 Å². The van der Waals surface area contributed by atoms with Gasteiger partial charge in [-0.3, -0.25) is 4.31 Å². The van der Waals surface area contributed by atoms with Gasteiger partial charge >= 0.3 is 0 Å². The van der Waals surface area contributed by atoms with E-state index in [1.807, 2.05) is 25.1 Å². The van der Waals surface area contributed by atoms with Crippen LogP contribution in [0.2, 0.25) is 0 Å². The second-order valence-electron chi connectivity index (χ2n) is 8.91. The smallest absolute Gasteiger partial charge is 0.232 e. The number of rotatable bonds is 3. The Morgan fingerprint density at radius 3 is 2.78 bits per heavy atom. The minimum atomic E-state index is -3.42. The van der Waals surface area contributed by atoms with E-state index in [1.165, 1.54) is 16.6 Å². The van der Waals surface area contributed by atoms with Crippen molar-refractivity contribution >= 4 is 26.7 Å². The number of H-pyrrole nitrogens is 1. The molecular formula is C24H26FN3O3S. The molecule has 0 saturated heterocycles. The molecule has 5 rings (SSSR count). The number of allylic oxidation sites excluding steroid dienone is 4. The van der Waals surface area contributed by atoms with Gasteiger partial charge in [0.2, 0.25) is 10.0 Å². The molecule has 3 heterocycles. The molecule has 0 saturated carbocycles. The predicted octanol–water partition coefficient (Wildman–Crippen LogP) is 5.39. The number of aromatic amines is 1. The van der Waals surface area contributed by atoms with Crippen LogP contribution < -0.4 is 4.31 Å². The fourth-order valence-electron chi connectivity index (χ4n) is 4.74. The van der Waals surface area contributed by atoms with Gasteiger partial charge < -0.3 is 9.40 Å². The summed E-state index contributed by atoms with van der Waals surface area (Å²) in [7, 11) is -3.42. The van der Waals surface area contributed by atoms with Crippen molar-refractivity contribution in [2.75, 3.05) is 17.1 Å². The summed E-state index contributed by atoms with van der Waals surface area (Å²) in [6, 6.07) is 3.89. The summed E-state index contributed by atoms with van der Waals surface area (Å²) >= 11 is 0. The number of nitrogens with zero attached hydrogens (tertiary/aromatic N) is 2. The molecule has 0 radical (unpaired) electrons. The Kier molecular flexibility index (Phi) is 5.00. The van der Waals surface area contributed by atoms with Gasteiger partial charge in [-0.15, -0.1) is 0 Å². The summed E-state index contributed by atoms with van der Waals surface area (Å²) in [5.41, 5.74) is 2.55. The van der Waals surface area contributed by atoms with Crippen LogP contribution in [0.25, 0.3) is 22.4 Å². The lowest BCUT2D eigenvalue weighted by molar-refractivity contribution is 0.434. The van der Waals surface area contributed by atoms with Crippen molar-refractivity contribution in [3.05, 3.63) is 59.9 Å². The molecule has 0 amide bonds. The number of hydrogen-bond acceptors (Lipinski definition) is 4. The standard InChI is InChI=1S/C24H26FN3O3S/c1-24(9-7-17(25)8-10-24)22-21(23-26-11-12-27-23)18-14-16-6-4-3-5-13-28(32(2,29)30)19(16)15-20(18)31-22/h7-9,11-12,14-15H,3-6,10,13H2,1-2H3,(H,26,27). The average Bonchev–Trinajstić information content (AvgIpc) is 3.37. The lowest BCUT2D eigenvalue weighted by atomic mass is 9.79. The van der Waals surface area contributed by atoms with Crippen molar-refractivity contribution in [2.45, 2.75) is 44.4 Å². The summed E-state index contributed by atoms with van der Waals surface area (Å²) in [5, 5.41) is 0.882. The van der Waals surface area contributed by atoms with Crippen molar-refractivity contribution in [1.29, 1.82) is 0 Å². The molecule has 32 heavy (non-hydrogen) atoms. The van der Waals surface area contributed by atoms with Crippen LogP contribution in [0.3, 0.4) is 0 Å². The van der Waals surface area contributed by atoms with Gasteiger partial charge in [0.25, 0.3) is 0 Å². The third-order valence-electron chi connectivity index (χ3n) is 6.45. The Morgan fingerprint density at radius 1 is 1.25 bits per heavy atom. The molecule has 2 aromatic heterocycles. The highest BCUT2D eigenvalue weighted by atomic mass is 32.2. The molecule has 0 bridgehead atoms. The lowest BCUT2D eigenvalue weighted by Gasteiger charge is -2.27. The maximum atomic E-state index is 13.7. The van der Waals surface area contributed by atoms with Crippen LogP contribution >= 0.6 is 0 Å². The van der Waals surface area contributed by atoms with Crippen molar-refractivity contribution in [3.63, 3.8) is 0 Å². The van der Waals surface area contributed by atoms with Gasteiger partial charge in [-0.25, -0.2) is 17.8 Å². The summed E-state index contributed by atoms with van der Waals surface area (Å²) in [6.07, 6.45) is 13.6. The van der Waals surface area contributed by atoms with Gasteiger partial charge in [0.15, 0.2) is 0 Å². The highest BCUT2D eigenvalue weighted by Gasteiger charge is 2.35. The van der Waals surface area contributed by atoms with Gasteiger partial charge in [0, 0.05) is 35.8 Å². The first-order valence-electron chi connectivity index (χ1n) is 10.9. The highest BCUT2D eigenvalue weighted by Crippen LogP contribution is 2.46. The van der Waals surface area contributed by atoms with Crippen LogP contribution in [0.4, 0.5) is 10.1 Å². The first-order chi connectivity index (χ1) is 15.3. The molecule has 0 fully saturated rings. The number of fused-ring (bicyclic) bond motifs is 2. The second kappa shape index (κ2) is 7.62. The Hall–Kier alpha value is -2.87. The van der Waals surface area contributed by atoms with Crippen molar-refractivity contribution in [2.24, 2.45) is 0 Å². The van der Waals surface area contributed by atoms with Crippen molar-refractivity contribution in [1.82, 2.24) is 9.97 Å². The summed E-state index contributed by atoms with van der Waals surface area (Å²) < 4.78 is 46.8. The first kappa shape index (κ1) is 21.0. The van der Waals surface area contributed by atoms with E-state index < -0.39 is 15.4 Å². The molecule has 3 aromatic rings. The SMILES string of the molecule is CC1(c2oc3cc4c(cc3c2-c2ncc[nH]2)CCCCCN4S(C)(=O)=O)C=CC(F)=CC1. The lowest BCUT2D eigenvalue weighted by Crippen LogP contribution is -2.32. The van der Waals surface area contributed by atoms with Gasteiger partial charge in [0.1, 0.15) is 23.0 Å². The molecule has 1 aliphatic heterocycles. The molecule has 1 unspecified atom stereocenters. The number of aromatic nitrogens is 2. The van der Waals surface area contributed by atoms with Crippen molar-refractivity contribution in [3.8, 4) is 11.4 Å². The number of halogens is 1. The van der Waals surface area contributed by atoms with E-state index in [1.54, 1.807) is 18.5 Å². The van der Waals surface area contributed by atoms with Crippen LogP contribution in [0.1, 0.15) is 43.9 Å². The number of nitrogens with one attached hydrogen (secondary N) is 1. The van der Waals surface area contributed by atoms with Crippen LogP contribution in [-0.2, 0) is 21.9 Å². The van der Waals surface area contributed by atoms with Gasteiger partial charge in [0.05, 0.1) is 17.5 Å². The van der Waals surface area contributed by atoms with Crippen LogP contribution in [0.5, 0.6) is 0 Å². The van der Waals surface area contributed by atoms with E-state index in [0.717, 1.165) is 42.2 Å². The van der Waals surface area contributed by atoms with Crippen LogP contribution in [0.15, 0.2) is 53.0 Å². The normalized spacial score (nSPS) is 21.8. The maximum Gasteiger partial charge on any atom is 0.232 e. The summed E-state index contributed by atoms with van der Waals surface area (Å²) in [4.78, 5) is 7.66. The largest absolute Gasteiger partial charge is 0.459 e. The molecular weight excluding hydrogens is 429 g/mol. The van der Waals surface area contributed by atoms with Crippen LogP contribution in [-0.4, -0.2) is 31.2 Å². The number of sulfonamides is 1. The molecule has 168 valence electrons. The zero-order valence-corrected chi connectivity index (χ0v) is 19.0. The topological polar surface area (TPSA) is 79.2 Å². The van der Waals surface area contributed by atoms with E-state index in [-0.39, 0.29) is 5.83 Å². The Morgan fingerprint density at radius 2 is 2.09 bits per heavy atom. The van der Waals surface area contributed by atoms with E-state index in [2.05, 4.69) is 9.97 Å². The predicted molar refractivity (Wildman–Crippen MR) is 124 cm³/mol. The molecule has 6 nitrogen and oxygen atoms in total. The van der Waals surface area contributed by atoms with Gasteiger partial charge in [-0.2, -0.15) is 0 Å². The van der Waals surface area contributed by atoms with E-state index >= 15 is 0 Å². The third kappa shape index (κ3) is 3.56. The Balaban J connectivity index is 1.78. The summed E-state index contributed by atoms with van der Waals surface area (Å²) in [6.45, 7) is 2.47. The van der Waals surface area contributed by atoms with E-state index in [9.17, 15) is 12.8 Å². The molecule has 1 atom stereocenters. The highest BCUT2D eigenvalue weighted by molar-refractivity contribution is 7.92. The zero-order valence-electron chi connectivity index (χ0n) is 18.2. The maximum absolute atomic E-state index is 13.7. The third-order valence-corrected chi connectivity index (χ3v) is 7.63. The minimum Gasteiger partial charge on any atom is -0.459 e. The fourth-order valence-corrected chi connectivity index (χ4v) is 5.73. The van der Waals surface area contributed by atoms with E-state index in [0.29, 0.717) is 35.8 Å². The zero-order chi connectivity index (χ0) is 22.5. The fraction of sp³-hybridized carbons (Fsp3) is 0.375. The monoisotopic (exact) mass is 455 g/mol. The molecule has 1 aromatic carbocycles. The Bertz CT molecular complexity index is 1340. The van der Waals surface area contributed by atoms with Gasteiger partial charge in [-0.05, 0) is 56.4 Å². The quantitative estimate of drug-likeness (QED) is 0.575. The number of imidazole rings is 1. The minimum absolute atomic E-state index is 0.259. The number of hydrogen-bond donors (Lipinski definition) is 1. The average molecular weight is 456 g/mol. The second-order valence-corrected chi connectivity index (χ2v) is 10.8. The van der Waals surface area contributed by atoms with Gasteiger partial charge in [-0.1, -0.05) is 12.5 Å². The molecule has 0 spiro atoms. The van der Waals surface area contributed by atoms with Crippen LogP contribution in [0, 0.1) is 0 Å².